The molecule has 0 spiro atoms. The lowest BCUT2D eigenvalue weighted by atomic mass is 9.99. The van der Waals surface area contributed by atoms with Gasteiger partial charge < -0.3 is 4.74 Å². The molecule has 6 heteroatoms. The lowest BCUT2D eigenvalue weighted by Crippen LogP contribution is -2.18. The van der Waals surface area contributed by atoms with Gasteiger partial charge in [-0.05, 0) is 19.8 Å². The third kappa shape index (κ3) is 1.92. The van der Waals surface area contributed by atoms with Gasteiger partial charge in [0.1, 0.15) is 18.0 Å². The fourth-order valence-electron chi connectivity index (χ4n) is 2.48. The number of rotatable bonds is 2. The van der Waals surface area contributed by atoms with E-state index in [0.717, 1.165) is 43.4 Å². The molecule has 1 saturated heterocycles. The number of nitrogens with zero attached hydrogens (tertiary/aromatic N) is 5. The molecule has 0 atom stereocenters. The Morgan fingerprint density at radius 1 is 1.33 bits per heavy atom. The van der Waals surface area contributed by atoms with Gasteiger partial charge in [-0.2, -0.15) is 5.10 Å². The molecule has 2 aromatic rings. The van der Waals surface area contributed by atoms with Crippen molar-refractivity contribution in [2.24, 2.45) is 7.05 Å². The zero-order valence-corrected chi connectivity index (χ0v) is 10.7. The van der Waals surface area contributed by atoms with Crippen molar-refractivity contribution in [3.63, 3.8) is 0 Å². The summed E-state index contributed by atoms with van der Waals surface area (Å²) in [5.41, 5.74) is 0.999. The van der Waals surface area contributed by atoms with Crippen LogP contribution in [0.25, 0.3) is 5.82 Å². The molecular weight excluding hydrogens is 230 g/mol. The largest absolute Gasteiger partial charge is 0.381 e. The van der Waals surface area contributed by atoms with E-state index in [9.17, 15) is 0 Å². The van der Waals surface area contributed by atoms with E-state index in [4.69, 9.17) is 4.74 Å². The van der Waals surface area contributed by atoms with E-state index >= 15 is 0 Å². The molecule has 1 fully saturated rings. The minimum absolute atomic E-state index is 0.427. The highest BCUT2D eigenvalue weighted by molar-refractivity contribution is 5.27. The first kappa shape index (κ1) is 11.4. The van der Waals surface area contributed by atoms with Crippen LogP contribution in [0.1, 0.15) is 30.3 Å². The molecule has 0 saturated carbocycles. The normalized spacial score (nSPS) is 17.2. The maximum absolute atomic E-state index is 5.40. The van der Waals surface area contributed by atoms with Crippen LogP contribution in [0.15, 0.2) is 12.4 Å². The summed E-state index contributed by atoms with van der Waals surface area (Å²) in [6.07, 6.45) is 3.78. The molecule has 0 amide bonds. The van der Waals surface area contributed by atoms with Crippen molar-refractivity contribution < 1.29 is 4.74 Å². The molecule has 0 aromatic carbocycles. The lowest BCUT2D eigenvalue weighted by Gasteiger charge is -2.21. The molecule has 96 valence electrons. The average molecular weight is 247 g/mol. The highest BCUT2D eigenvalue weighted by Gasteiger charge is 2.22. The standard InChI is InChI=1S/C12H17N5O/c1-9-7-11(16(2)15-9)17-8-13-14-12(17)10-3-5-18-6-4-10/h7-8,10H,3-6H2,1-2H3. The van der Waals surface area contributed by atoms with Crippen LogP contribution in [0.4, 0.5) is 0 Å². The molecule has 0 N–H and O–H groups in total. The van der Waals surface area contributed by atoms with Crippen molar-refractivity contribution in [1.82, 2.24) is 24.5 Å². The lowest BCUT2D eigenvalue weighted by molar-refractivity contribution is 0.0832. The fraction of sp³-hybridized carbons (Fsp3) is 0.583. The first-order valence-corrected chi connectivity index (χ1v) is 6.24. The smallest absolute Gasteiger partial charge is 0.141 e. The number of aromatic nitrogens is 5. The second-order valence-corrected chi connectivity index (χ2v) is 4.71. The first-order chi connectivity index (χ1) is 8.75. The molecule has 3 heterocycles. The third-order valence-corrected chi connectivity index (χ3v) is 3.38. The van der Waals surface area contributed by atoms with Gasteiger partial charge in [0.15, 0.2) is 0 Å². The summed E-state index contributed by atoms with van der Waals surface area (Å²) < 4.78 is 9.30. The van der Waals surface area contributed by atoms with Crippen molar-refractivity contribution in [1.29, 1.82) is 0 Å². The quantitative estimate of drug-likeness (QED) is 0.800. The van der Waals surface area contributed by atoms with Gasteiger partial charge in [0.2, 0.25) is 0 Å². The number of aryl methyl sites for hydroxylation is 2. The van der Waals surface area contributed by atoms with Crippen LogP contribution in [0.5, 0.6) is 0 Å². The summed E-state index contributed by atoms with van der Waals surface area (Å²) in [7, 11) is 1.94. The zero-order chi connectivity index (χ0) is 12.5. The topological polar surface area (TPSA) is 57.8 Å². The van der Waals surface area contributed by atoms with Crippen molar-refractivity contribution in [3.8, 4) is 5.82 Å². The van der Waals surface area contributed by atoms with Crippen molar-refractivity contribution >= 4 is 0 Å². The fourth-order valence-corrected chi connectivity index (χ4v) is 2.48. The van der Waals surface area contributed by atoms with Gasteiger partial charge in [0, 0.05) is 32.2 Å². The molecule has 1 aliphatic rings. The van der Waals surface area contributed by atoms with E-state index in [2.05, 4.69) is 15.3 Å². The van der Waals surface area contributed by atoms with Crippen molar-refractivity contribution in [2.45, 2.75) is 25.7 Å². The predicted molar refractivity (Wildman–Crippen MR) is 65.7 cm³/mol. The molecular formula is C12H17N5O. The molecule has 1 aliphatic heterocycles. The second kappa shape index (κ2) is 4.53. The summed E-state index contributed by atoms with van der Waals surface area (Å²) in [6, 6.07) is 2.05. The number of ether oxygens (including phenoxy) is 1. The summed E-state index contributed by atoms with van der Waals surface area (Å²) in [4.78, 5) is 0. The summed E-state index contributed by atoms with van der Waals surface area (Å²) in [5.74, 6) is 2.46. The van der Waals surface area contributed by atoms with E-state index < -0.39 is 0 Å². The van der Waals surface area contributed by atoms with Crippen LogP contribution in [-0.4, -0.2) is 37.8 Å². The maximum Gasteiger partial charge on any atom is 0.141 e. The van der Waals surface area contributed by atoms with Gasteiger partial charge in [0.25, 0.3) is 0 Å². The first-order valence-electron chi connectivity index (χ1n) is 6.24. The Morgan fingerprint density at radius 3 is 2.78 bits per heavy atom. The highest BCUT2D eigenvalue weighted by Crippen LogP contribution is 2.26. The van der Waals surface area contributed by atoms with E-state index in [0.29, 0.717) is 5.92 Å². The average Bonchev–Trinajstić information content (AvgIpc) is 2.96. The van der Waals surface area contributed by atoms with Crippen LogP contribution in [0.2, 0.25) is 0 Å². The Kier molecular flexibility index (Phi) is 2.87. The molecule has 3 rings (SSSR count). The SMILES string of the molecule is Cc1cc(-n2cnnc2C2CCOCC2)n(C)n1. The van der Waals surface area contributed by atoms with Crippen LogP contribution >= 0.6 is 0 Å². The molecule has 6 nitrogen and oxygen atoms in total. The number of hydrogen-bond acceptors (Lipinski definition) is 4. The molecule has 2 aromatic heterocycles. The van der Waals surface area contributed by atoms with Crippen molar-refractivity contribution in [3.05, 3.63) is 23.9 Å². The second-order valence-electron chi connectivity index (χ2n) is 4.71. The minimum Gasteiger partial charge on any atom is -0.381 e. The van der Waals surface area contributed by atoms with Gasteiger partial charge in [-0.3, -0.25) is 9.25 Å². The minimum atomic E-state index is 0.427. The predicted octanol–water partition coefficient (Wildman–Crippen LogP) is 1.20. The zero-order valence-electron chi connectivity index (χ0n) is 10.7. The molecule has 0 unspecified atom stereocenters. The van der Waals surface area contributed by atoms with Gasteiger partial charge >= 0.3 is 0 Å². The van der Waals surface area contributed by atoms with E-state index in [1.54, 1.807) is 6.33 Å². The van der Waals surface area contributed by atoms with Gasteiger partial charge in [-0.1, -0.05) is 0 Å². The summed E-state index contributed by atoms with van der Waals surface area (Å²) in [5, 5.41) is 12.7. The van der Waals surface area contributed by atoms with Crippen LogP contribution in [0.3, 0.4) is 0 Å². The van der Waals surface area contributed by atoms with E-state index in [1.807, 2.05) is 29.3 Å². The number of hydrogen-bond donors (Lipinski definition) is 0. The Labute approximate surface area is 106 Å². The van der Waals surface area contributed by atoms with Gasteiger partial charge in [-0.25, -0.2) is 0 Å². The molecule has 18 heavy (non-hydrogen) atoms. The third-order valence-electron chi connectivity index (χ3n) is 3.38. The molecule has 0 radical (unpaired) electrons. The monoisotopic (exact) mass is 247 g/mol. The van der Waals surface area contributed by atoms with E-state index in [1.165, 1.54) is 0 Å². The van der Waals surface area contributed by atoms with Crippen LogP contribution in [-0.2, 0) is 11.8 Å². The Morgan fingerprint density at radius 2 is 2.11 bits per heavy atom. The van der Waals surface area contributed by atoms with Crippen LogP contribution < -0.4 is 0 Å². The van der Waals surface area contributed by atoms with Gasteiger partial charge in [-0.15, -0.1) is 10.2 Å². The van der Waals surface area contributed by atoms with Crippen molar-refractivity contribution in [2.75, 3.05) is 13.2 Å². The maximum atomic E-state index is 5.40. The Balaban J connectivity index is 1.98. The molecule has 0 bridgehead atoms. The Hall–Kier alpha value is -1.69. The molecule has 0 aliphatic carbocycles. The van der Waals surface area contributed by atoms with Crippen LogP contribution in [0, 0.1) is 6.92 Å². The van der Waals surface area contributed by atoms with E-state index in [-0.39, 0.29) is 0 Å². The highest BCUT2D eigenvalue weighted by atomic mass is 16.5. The van der Waals surface area contributed by atoms with Gasteiger partial charge in [0.05, 0.1) is 5.69 Å². The summed E-state index contributed by atoms with van der Waals surface area (Å²) in [6.45, 7) is 3.60. The summed E-state index contributed by atoms with van der Waals surface area (Å²) >= 11 is 0. The Bertz CT molecular complexity index is 538.